The third kappa shape index (κ3) is 2.38. The molecule has 6 atom stereocenters. The number of amides is 1. The Morgan fingerprint density at radius 3 is 2.96 bits per heavy atom. The summed E-state index contributed by atoms with van der Waals surface area (Å²) in [6.07, 6.45) is 6.76. The zero-order chi connectivity index (χ0) is 16.2. The summed E-state index contributed by atoms with van der Waals surface area (Å²) in [4.78, 5) is 14.3. The molecule has 0 spiro atoms. The van der Waals surface area contributed by atoms with Crippen molar-refractivity contribution in [1.29, 1.82) is 5.26 Å². The van der Waals surface area contributed by atoms with Gasteiger partial charge in [0, 0.05) is 12.1 Å². The smallest absolute Gasteiger partial charge is 0.237 e. The van der Waals surface area contributed by atoms with Gasteiger partial charge in [0.1, 0.15) is 6.04 Å². The second-order valence-corrected chi connectivity index (χ2v) is 8.60. The molecule has 1 amide bonds. The van der Waals surface area contributed by atoms with Crippen molar-refractivity contribution >= 4 is 5.91 Å². The van der Waals surface area contributed by atoms with Gasteiger partial charge in [-0.3, -0.25) is 4.79 Å². The third-order valence-corrected chi connectivity index (χ3v) is 6.92. The molecule has 4 rings (SSSR count). The Kier molecular flexibility index (Phi) is 3.48. The van der Waals surface area contributed by atoms with E-state index in [2.05, 4.69) is 18.3 Å². The van der Waals surface area contributed by atoms with Gasteiger partial charge in [0.2, 0.25) is 5.91 Å². The number of hydrogen-bond donors (Lipinski definition) is 2. The van der Waals surface area contributed by atoms with Crippen LogP contribution in [0.1, 0.15) is 51.9 Å². The predicted molar refractivity (Wildman–Crippen MR) is 85.3 cm³/mol. The van der Waals surface area contributed by atoms with Gasteiger partial charge in [0.05, 0.1) is 18.2 Å². The molecule has 1 aliphatic heterocycles. The number of nitriles is 1. The van der Waals surface area contributed by atoms with Crippen LogP contribution in [0.25, 0.3) is 0 Å². The van der Waals surface area contributed by atoms with Crippen molar-refractivity contribution in [2.24, 2.45) is 17.8 Å². The van der Waals surface area contributed by atoms with Gasteiger partial charge in [-0.2, -0.15) is 5.26 Å². The summed E-state index contributed by atoms with van der Waals surface area (Å²) in [6.45, 7) is 3.28. The van der Waals surface area contributed by atoms with Crippen molar-refractivity contribution in [3.05, 3.63) is 0 Å². The monoisotopic (exact) mass is 317 g/mol. The lowest BCUT2D eigenvalue weighted by Gasteiger charge is -2.50. The maximum Gasteiger partial charge on any atom is 0.237 e. The molecule has 0 aromatic carbocycles. The molecular weight excluding hydrogens is 290 g/mol. The fraction of sp³-hybridized carbons (Fsp3) is 0.889. The largest absolute Gasteiger partial charge is 0.390 e. The Morgan fingerprint density at radius 1 is 1.35 bits per heavy atom. The summed E-state index contributed by atoms with van der Waals surface area (Å²) in [5.74, 6) is 1.62. The molecule has 2 bridgehead atoms. The number of likely N-dealkylation sites (tertiary alicyclic amines) is 1. The number of nitrogens with zero attached hydrogens (tertiary/aromatic N) is 2. The molecule has 4 aliphatic rings. The molecule has 0 aromatic heterocycles. The SMILES string of the molecule is CC1CC2(NCC(=O)N3CCCC3C#N)CC3CC(O)(C1)C3C2. The highest BCUT2D eigenvalue weighted by Gasteiger charge is 2.63. The van der Waals surface area contributed by atoms with E-state index in [4.69, 9.17) is 5.26 Å². The molecule has 5 heteroatoms. The first-order chi connectivity index (χ1) is 10.9. The normalized spacial score (nSPS) is 47.8. The van der Waals surface area contributed by atoms with E-state index in [1.807, 2.05) is 0 Å². The standard InChI is InChI=1S/C18H27N3O2/c1-12-5-17(7-13-8-18(23,6-12)15(13)9-17)20-11-16(22)21-4-2-3-14(21)10-19/h12-15,20,23H,2-9,11H2,1H3. The first-order valence-electron chi connectivity index (χ1n) is 9.11. The quantitative estimate of drug-likeness (QED) is 0.825. The topological polar surface area (TPSA) is 76.4 Å². The number of carbonyl (C=O) groups excluding carboxylic acids is 1. The van der Waals surface area contributed by atoms with Crippen LogP contribution in [0, 0.1) is 29.1 Å². The molecule has 3 saturated carbocycles. The van der Waals surface area contributed by atoms with Crippen molar-refractivity contribution < 1.29 is 9.90 Å². The molecule has 1 heterocycles. The van der Waals surface area contributed by atoms with E-state index in [9.17, 15) is 9.90 Å². The number of aliphatic hydroxyl groups is 1. The summed E-state index contributed by atoms with van der Waals surface area (Å²) in [7, 11) is 0. The Bertz CT molecular complexity index is 559. The van der Waals surface area contributed by atoms with Crippen LogP contribution in [0.2, 0.25) is 0 Å². The van der Waals surface area contributed by atoms with Crippen LogP contribution in [-0.4, -0.2) is 46.2 Å². The lowest BCUT2D eigenvalue weighted by Crippen LogP contribution is -2.53. The minimum absolute atomic E-state index is 0.0211. The molecular formula is C18H27N3O2. The summed E-state index contributed by atoms with van der Waals surface area (Å²) in [5.41, 5.74) is -0.415. The van der Waals surface area contributed by atoms with Crippen molar-refractivity contribution in [2.75, 3.05) is 13.1 Å². The zero-order valence-corrected chi connectivity index (χ0v) is 13.9. The molecule has 5 nitrogen and oxygen atoms in total. The van der Waals surface area contributed by atoms with Gasteiger partial charge in [-0.15, -0.1) is 0 Å². The number of rotatable bonds is 3. The van der Waals surface area contributed by atoms with Gasteiger partial charge < -0.3 is 15.3 Å². The lowest BCUT2D eigenvalue weighted by molar-refractivity contribution is -0.137. The molecule has 0 radical (unpaired) electrons. The van der Waals surface area contributed by atoms with E-state index in [0.29, 0.717) is 30.8 Å². The van der Waals surface area contributed by atoms with Crippen LogP contribution >= 0.6 is 0 Å². The van der Waals surface area contributed by atoms with E-state index in [-0.39, 0.29) is 17.5 Å². The Morgan fingerprint density at radius 2 is 2.17 bits per heavy atom. The highest BCUT2D eigenvalue weighted by molar-refractivity contribution is 5.79. The number of hydrogen-bond acceptors (Lipinski definition) is 4. The van der Waals surface area contributed by atoms with Gasteiger partial charge in [-0.25, -0.2) is 0 Å². The van der Waals surface area contributed by atoms with Crippen LogP contribution in [0.4, 0.5) is 0 Å². The average Bonchev–Trinajstić information content (AvgIpc) is 3.05. The minimum atomic E-state index is -0.436. The van der Waals surface area contributed by atoms with Gasteiger partial charge in [-0.1, -0.05) is 6.92 Å². The fourth-order valence-corrected chi connectivity index (χ4v) is 6.13. The Labute approximate surface area is 138 Å². The maximum absolute atomic E-state index is 12.5. The van der Waals surface area contributed by atoms with Crippen LogP contribution in [0.5, 0.6) is 0 Å². The third-order valence-electron chi connectivity index (χ3n) is 6.92. The second-order valence-electron chi connectivity index (χ2n) is 8.60. The van der Waals surface area contributed by atoms with E-state index in [1.165, 1.54) is 0 Å². The zero-order valence-electron chi connectivity index (χ0n) is 13.9. The van der Waals surface area contributed by atoms with Crippen LogP contribution in [0.3, 0.4) is 0 Å². The molecule has 3 aliphatic carbocycles. The molecule has 1 saturated heterocycles. The van der Waals surface area contributed by atoms with Gasteiger partial charge in [-0.05, 0) is 62.7 Å². The van der Waals surface area contributed by atoms with Crippen molar-refractivity contribution in [1.82, 2.24) is 10.2 Å². The number of fused-ring (bicyclic) bond motifs is 1. The predicted octanol–water partition coefficient (Wildman–Crippen LogP) is 1.42. The van der Waals surface area contributed by atoms with Crippen LogP contribution in [0.15, 0.2) is 0 Å². The van der Waals surface area contributed by atoms with Crippen molar-refractivity contribution in [3.8, 4) is 6.07 Å². The minimum Gasteiger partial charge on any atom is -0.390 e. The molecule has 6 unspecified atom stereocenters. The fourth-order valence-electron chi connectivity index (χ4n) is 6.13. The van der Waals surface area contributed by atoms with Gasteiger partial charge >= 0.3 is 0 Å². The van der Waals surface area contributed by atoms with E-state index >= 15 is 0 Å². The molecule has 126 valence electrons. The summed E-state index contributed by atoms with van der Waals surface area (Å²) < 4.78 is 0. The van der Waals surface area contributed by atoms with E-state index in [0.717, 1.165) is 44.9 Å². The Hall–Kier alpha value is -1.12. The number of nitrogens with one attached hydrogen (secondary N) is 1. The van der Waals surface area contributed by atoms with E-state index < -0.39 is 5.60 Å². The van der Waals surface area contributed by atoms with Crippen molar-refractivity contribution in [2.45, 2.75) is 69.1 Å². The second kappa shape index (κ2) is 5.19. The molecule has 2 N–H and O–H groups in total. The van der Waals surface area contributed by atoms with Gasteiger partial charge in [0.25, 0.3) is 0 Å². The molecule has 23 heavy (non-hydrogen) atoms. The first kappa shape index (κ1) is 15.4. The van der Waals surface area contributed by atoms with Crippen LogP contribution in [-0.2, 0) is 4.79 Å². The number of carbonyl (C=O) groups is 1. The molecule has 0 aromatic rings. The van der Waals surface area contributed by atoms with E-state index in [1.54, 1.807) is 4.90 Å². The summed E-state index contributed by atoms with van der Waals surface area (Å²) >= 11 is 0. The average molecular weight is 317 g/mol. The summed E-state index contributed by atoms with van der Waals surface area (Å²) in [5, 5.41) is 23.5. The van der Waals surface area contributed by atoms with Gasteiger partial charge in [0.15, 0.2) is 0 Å². The lowest BCUT2D eigenvalue weighted by atomic mass is 9.60. The first-order valence-corrected chi connectivity index (χ1v) is 9.11. The Balaban J connectivity index is 1.43. The highest BCUT2D eigenvalue weighted by Crippen LogP contribution is 2.62. The van der Waals surface area contributed by atoms with Crippen LogP contribution < -0.4 is 5.32 Å². The highest BCUT2D eigenvalue weighted by atomic mass is 16.3. The molecule has 4 fully saturated rings. The summed E-state index contributed by atoms with van der Waals surface area (Å²) in [6, 6.07) is 2.01. The maximum atomic E-state index is 12.5. The van der Waals surface area contributed by atoms with Crippen molar-refractivity contribution in [3.63, 3.8) is 0 Å².